The minimum Gasteiger partial charge on any atom is -0.441 e. The van der Waals surface area contributed by atoms with Crippen LogP contribution >= 0.6 is 0 Å². The van der Waals surface area contributed by atoms with E-state index in [2.05, 4.69) is 10.2 Å². The van der Waals surface area contributed by atoms with Crippen LogP contribution in [0.3, 0.4) is 0 Å². The van der Waals surface area contributed by atoms with Gasteiger partial charge in [0.15, 0.2) is 0 Å². The number of carbonyl (C=O) groups is 2. The van der Waals surface area contributed by atoms with E-state index < -0.39 is 11.7 Å². The van der Waals surface area contributed by atoms with Gasteiger partial charge < -0.3 is 9.64 Å². The van der Waals surface area contributed by atoms with Crippen molar-refractivity contribution >= 4 is 17.7 Å². The molecule has 142 valence electrons. The van der Waals surface area contributed by atoms with Crippen LogP contribution in [0.1, 0.15) is 30.3 Å². The smallest absolute Gasteiger partial charge is 0.415 e. The zero-order valence-corrected chi connectivity index (χ0v) is 15.0. The summed E-state index contributed by atoms with van der Waals surface area (Å²) in [6, 6.07) is 7.48. The number of benzene rings is 1. The van der Waals surface area contributed by atoms with Crippen molar-refractivity contribution in [3.8, 4) is 0 Å². The second-order valence-electron chi connectivity index (χ2n) is 7.28. The summed E-state index contributed by atoms with van der Waals surface area (Å²) in [5, 5.41) is 6.52. The molecule has 2 aliphatic rings. The molecule has 3 heterocycles. The number of aromatic nitrogens is 2. The molecule has 2 fully saturated rings. The molecule has 2 aromatic rings. The summed E-state index contributed by atoms with van der Waals surface area (Å²) in [4.78, 5) is 28.1. The van der Waals surface area contributed by atoms with Crippen LogP contribution in [0, 0.1) is 11.7 Å². The highest BCUT2D eigenvalue weighted by Gasteiger charge is 2.48. The molecule has 1 aromatic heterocycles. The van der Waals surface area contributed by atoms with Crippen LogP contribution in [0.15, 0.2) is 36.5 Å². The predicted molar refractivity (Wildman–Crippen MR) is 95.8 cm³/mol. The molecule has 8 heteroatoms. The summed E-state index contributed by atoms with van der Waals surface area (Å²) in [7, 11) is 0. The Labute approximate surface area is 156 Å². The highest BCUT2D eigenvalue weighted by Crippen LogP contribution is 2.38. The van der Waals surface area contributed by atoms with Gasteiger partial charge in [-0.05, 0) is 50.1 Å². The molecule has 7 nitrogen and oxygen atoms in total. The SMILES string of the molecule is CC1(C2CCN(C(=O)c3ccn[nH]3)CC2)CN(c2ccc(F)cc2)C(=O)O1. The van der Waals surface area contributed by atoms with Crippen molar-refractivity contribution in [2.45, 2.75) is 25.4 Å². The van der Waals surface area contributed by atoms with Crippen molar-refractivity contribution in [2.75, 3.05) is 24.5 Å². The van der Waals surface area contributed by atoms with Crippen LogP contribution in [0.5, 0.6) is 0 Å². The third-order valence-electron chi connectivity index (χ3n) is 5.53. The number of ether oxygens (including phenoxy) is 1. The van der Waals surface area contributed by atoms with E-state index in [9.17, 15) is 14.0 Å². The summed E-state index contributed by atoms with van der Waals surface area (Å²) in [5.41, 5.74) is 0.473. The van der Waals surface area contributed by atoms with E-state index in [1.807, 2.05) is 6.92 Å². The van der Waals surface area contributed by atoms with E-state index in [-0.39, 0.29) is 17.6 Å². The Morgan fingerprint density at radius 3 is 2.59 bits per heavy atom. The van der Waals surface area contributed by atoms with Crippen LogP contribution in [0.2, 0.25) is 0 Å². The fourth-order valence-electron chi connectivity index (χ4n) is 3.93. The molecule has 0 radical (unpaired) electrons. The van der Waals surface area contributed by atoms with Gasteiger partial charge >= 0.3 is 6.09 Å². The zero-order valence-electron chi connectivity index (χ0n) is 15.0. The number of halogens is 1. The van der Waals surface area contributed by atoms with Gasteiger partial charge in [0.05, 0.1) is 6.54 Å². The first kappa shape index (κ1) is 17.5. The minimum atomic E-state index is -0.630. The number of nitrogens with zero attached hydrogens (tertiary/aromatic N) is 3. The van der Waals surface area contributed by atoms with Crippen LogP contribution in [-0.2, 0) is 4.74 Å². The molecule has 27 heavy (non-hydrogen) atoms. The molecule has 1 atom stereocenters. The van der Waals surface area contributed by atoms with E-state index in [1.54, 1.807) is 34.2 Å². The number of hydrogen-bond acceptors (Lipinski definition) is 4. The molecule has 0 bridgehead atoms. The van der Waals surface area contributed by atoms with Gasteiger partial charge in [-0.1, -0.05) is 0 Å². The lowest BCUT2D eigenvalue weighted by atomic mass is 9.81. The Morgan fingerprint density at radius 2 is 1.96 bits per heavy atom. The van der Waals surface area contributed by atoms with Crippen LogP contribution < -0.4 is 4.90 Å². The quantitative estimate of drug-likeness (QED) is 0.899. The molecule has 0 aliphatic carbocycles. The first-order valence-electron chi connectivity index (χ1n) is 9.01. The van der Waals surface area contributed by atoms with E-state index in [0.717, 1.165) is 12.8 Å². The third kappa shape index (κ3) is 3.27. The fraction of sp³-hybridized carbons (Fsp3) is 0.421. The molecule has 1 N–H and O–H groups in total. The van der Waals surface area contributed by atoms with Crippen LogP contribution in [-0.4, -0.2) is 52.3 Å². The van der Waals surface area contributed by atoms with E-state index in [0.29, 0.717) is 31.0 Å². The number of aromatic amines is 1. The maximum Gasteiger partial charge on any atom is 0.415 e. The first-order valence-corrected chi connectivity index (χ1v) is 9.01. The van der Waals surface area contributed by atoms with Crippen LogP contribution in [0.4, 0.5) is 14.9 Å². The lowest BCUT2D eigenvalue weighted by Gasteiger charge is -2.38. The lowest BCUT2D eigenvalue weighted by molar-refractivity contribution is -0.00459. The molecule has 2 amide bonds. The van der Waals surface area contributed by atoms with Gasteiger partial charge in [0.1, 0.15) is 17.1 Å². The van der Waals surface area contributed by atoms with Crippen molar-refractivity contribution in [1.29, 1.82) is 0 Å². The molecular formula is C19H21FN4O3. The van der Waals surface area contributed by atoms with Gasteiger partial charge in [0.2, 0.25) is 0 Å². The molecule has 4 rings (SSSR count). The van der Waals surface area contributed by atoms with Crippen molar-refractivity contribution in [1.82, 2.24) is 15.1 Å². The van der Waals surface area contributed by atoms with E-state index in [1.165, 1.54) is 12.1 Å². The average Bonchev–Trinajstić information content (AvgIpc) is 3.31. The Kier molecular flexibility index (Phi) is 4.33. The number of likely N-dealkylation sites (tertiary alicyclic amines) is 1. The fourth-order valence-corrected chi connectivity index (χ4v) is 3.93. The van der Waals surface area contributed by atoms with Crippen molar-refractivity contribution in [2.24, 2.45) is 5.92 Å². The number of amides is 2. The largest absolute Gasteiger partial charge is 0.441 e. The maximum absolute atomic E-state index is 13.1. The zero-order chi connectivity index (χ0) is 19.0. The van der Waals surface area contributed by atoms with Gasteiger partial charge in [-0.25, -0.2) is 9.18 Å². The molecule has 2 saturated heterocycles. The number of hydrogen-bond donors (Lipinski definition) is 1. The van der Waals surface area contributed by atoms with Gasteiger partial charge in [-0.3, -0.25) is 14.8 Å². The standard InChI is InChI=1S/C19H21FN4O3/c1-19(12-24(18(26)27-19)15-4-2-14(20)3-5-15)13-7-10-23(11-8-13)17(25)16-6-9-21-22-16/h2-6,9,13H,7-8,10-12H2,1H3,(H,21,22). The Morgan fingerprint density at radius 1 is 1.26 bits per heavy atom. The summed E-state index contributed by atoms with van der Waals surface area (Å²) >= 11 is 0. The number of piperidine rings is 1. The molecule has 0 saturated carbocycles. The highest BCUT2D eigenvalue weighted by atomic mass is 19.1. The number of cyclic esters (lactones) is 1. The second-order valence-corrected chi connectivity index (χ2v) is 7.28. The number of anilines is 1. The van der Waals surface area contributed by atoms with E-state index >= 15 is 0 Å². The maximum atomic E-state index is 13.1. The summed E-state index contributed by atoms with van der Waals surface area (Å²) in [6.45, 7) is 3.56. The first-order chi connectivity index (χ1) is 13.0. The van der Waals surface area contributed by atoms with Gasteiger partial charge in [-0.15, -0.1) is 0 Å². The van der Waals surface area contributed by atoms with Gasteiger partial charge in [-0.2, -0.15) is 5.10 Å². The minimum absolute atomic E-state index is 0.0625. The molecular weight excluding hydrogens is 351 g/mol. The van der Waals surface area contributed by atoms with Gasteiger partial charge in [0, 0.05) is 30.9 Å². The Hall–Kier alpha value is -2.90. The van der Waals surface area contributed by atoms with Crippen LogP contribution in [0.25, 0.3) is 0 Å². The lowest BCUT2D eigenvalue weighted by Crippen LogP contribution is -2.47. The monoisotopic (exact) mass is 372 g/mol. The number of carbonyl (C=O) groups excluding carboxylic acids is 2. The summed E-state index contributed by atoms with van der Waals surface area (Å²) in [6.07, 6.45) is 2.64. The van der Waals surface area contributed by atoms with E-state index in [4.69, 9.17) is 4.74 Å². The third-order valence-corrected chi connectivity index (χ3v) is 5.53. The summed E-state index contributed by atoms with van der Waals surface area (Å²) < 4.78 is 18.9. The summed E-state index contributed by atoms with van der Waals surface area (Å²) in [5.74, 6) is -0.256. The topological polar surface area (TPSA) is 78.5 Å². The number of nitrogens with one attached hydrogen (secondary N) is 1. The normalized spacial score (nSPS) is 23.6. The van der Waals surface area contributed by atoms with Gasteiger partial charge in [0.25, 0.3) is 5.91 Å². The average molecular weight is 372 g/mol. The second kappa shape index (κ2) is 6.68. The Balaban J connectivity index is 1.41. The number of rotatable bonds is 3. The Bertz CT molecular complexity index is 831. The van der Waals surface area contributed by atoms with Crippen molar-refractivity contribution in [3.05, 3.63) is 48.0 Å². The molecule has 2 aliphatic heterocycles. The number of H-pyrrole nitrogens is 1. The molecule has 0 spiro atoms. The predicted octanol–water partition coefficient (Wildman–Crippen LogP) is 2.82. The molecule has 1 aromatic carbocycles. The molecule has 1 unspecified atom stereocenters. The highest BCUT2D eigenvalue weighted by molar-refractivity contribution is 5.92. The van der Waals surface area contributed by atoms with Crippen molar-refractivity contribution in [3.63, 3.8) is 0 Å². The van der Waals surface area contributed by atoms with Crippen molar-refractivity contribution < 1.29 is 18.7 Å².